The highest BCUT2D eigenvalue weighted by Crippen LogP contribution is 2.27. The fourth-order valence-electron chi connectivity index (χ4n) is 3.26. The maximum absolute atomic E-state index is 12.7. The van der Waals surface area contributed by atoms with Gasteiger partial charge >= 0.3 is 0 Å². The molecule has 1 fully saturated rings. The Morgan fingerprint density at radius 1 is 1.09 bits per heavy atom. The Kier molecular flexibility index (Phi) is 5.03. The number of carbonyl (C=O) groups is 1. The molecule has 2 aromatic carbocycles. The Morgan fingerprint density at radius 3 is 2.52 bits per heavy atom. The van der Waals surface area contributed by atoms with Crippen LogP contribution in [0.15, 0.2) is 59.5 Å². The molecule has 1 saturated heterocycles. The van der Waals surface area contributed by atoms with Crippen molar-refractivity contribution in [1.29, 1.82) is 0 Å². The number of likely N-dealkylation sites (tertiary alicyclic amines) is 1. The second-order valence-electron chi connectivity index (χ2n) is 6.02. The molecule has 0 radical (unpaired) electrons. The van der Waals surface area contributed by atoms with E-state index in [4.69, 9.17) is 0 Å². The lowest BCUT2D eigenvalue weighted by Gasteiger charge is -2.21. The van der Waals surface area contributed by atoms with E-state index in [1.54, 1.807) is 11.8 Å². The molecule has 0 spiro atoms. The fourth-order valence-corrected chi connectivity index (χ4v) is 3.86. The normalized spacial score (nSPS) is 21.3. The summed E-state index contributed by atoms with van der Waals surface area (Å²) in [6, 6.07) is 18.4. The molecule has 1 aliphatic rings. The van der Waals surface area contributed by atoms with Gasteiger partial charge < -0.3 is 10.2 Å². The van der Waals surface area contributed by atoms with Crippen LogP contribution in [0.3, 0.4) is 0 Å². The summed E-state index contributed by atoms with van der Waals surface area (Å²) < 4.78 is 0. The number of thioether (sulfide) groups is 1. The van der Waals surface area contributed by atoms with Crippen LogP contribution >= 0.6 is 11.8 Å². The van der Waals surface area contributed by atoms with Gasteiger partial charge in [-0.15, -0.1) is 11.8 Å². The molecule has 1 N–H and O–H groups in total. The molecular formula is C19H22N2OS. The number of amides is 1. The summed E-state index contributed by atoms with van der Waals surface area (Å²) >= 11 is 1.61. The van der Waals surface area contributed by atoms with E-state index in [-0.39, 0.29) is 11.9 Å². The molecule has 3 rings (SSSR count). The van der Waals surface area contributed by atoms with Crippen LogP contribution < -0.4 is 5.32 Å². The van der Waals surface area contributed by atoms with Crippen LogP contribution in [-0.2, 0) is 0 Å². The lowest BCUT2D eigenvalue weighted by molar-refractivity contribution is 0.0932. The van der Waals surface area contributed by atoms with Crippen LogP contribution in [0.25, 0.3) is 0 Å². The van der Waals surface area contributed by atoms with E-state index in [0.29, 0.717) is 5.92 Å². The van der Waals surface area contributed by atoms with Crippen LogP contribution in [0.4, 0.5) is 0 Å². The third-order valence-corrected chi connectivity index (χ3v) is 5.19. The molecule has 120 valence electrons. The van der Waals surface area contributed by atoms with Crippen molar-refractivity contribution in [2.24, 2.45) is 0 Å². The van der Waals surface area contributed by atoms with Crippen LogP contribution in [0.2, 0.25) is 0 Å². The lowest BCUT2D eigenvalue weighted by atomic mass is 9.94. The SMILES string of the molecule is CSc1ccccc1C(=O)NC1CN(C)CC1c1ccccc1. The van der Waals surface area contributed by atoms with Gasteiger partial charge in [-0.25, -0.2) is 0 Å². The molecule has 0 aliphatic carbocycles. The van der Waals surface area contributed by atoms with Gasteiger partial charge in [-0.1, -0.05) is 42.5 Å². The number of nitrogens with one attached hydrogen (secondary N) is 1. The Morgan fingerprint density at radius 2 is 1.78 bits per heavy atom. The molecule has 23 heavy (non-hydrogen) atoms. The van der Waals surface area contributed by atoms with E-state index >= 15 is 0 Å². The van der Waals surface area contributed by atoms with Crippen LogP contribution in [0.1, 0.15) is 21.8 Å². The average Bonchev–Trinajstić information content (AvgIpc) is 2.96. The molecule has 0 bridgehead atoms. The summed E-state index contributed by atoms with van der Waals surface area (Å²) in [5.41, 5.74) is 2.06. The fraction of sp³-hybridized carbons (Fsp3) is 0.316. The maximum Gasteiger partial charge on any atom is 0.252 e. The summed E-state index contributed by atoms with van der Waals surface area (Å²) in [6.45, 7) is 1.85. The van der Waals surface area contributed by atoms with Crippen molar-refractivity contribution in [3.8, 4) is 0 Å². The minimum Gasteiger partial charge on any atom is -0.347 e. The van der Waals surface area contributed by atoms with Gasteiger partial charge in [-0.2, -0.15) is 0 Å². The van der Waals surface area contributed by atoms with Gasteiger partial charge in [-0.3, -0.25) is 4.79 Å². The van der Waals surface area contributed by atoms with Gasteiger partial charge in [0.05, 0.1) is 5.56 Å². The van der Waals surface area contributed by atoms with Crippen LogP contribution in [0, 0.1) is 0 Å². The largest absolute Gasteiger partial charge is 0.347 e. The maximum atomic E-state index is 12.7. The van der Waals surface area contributed by atoms with Crippen molar-refractivity contribution in [3.63, 3.8) is 0 Å². The molecule has 2 unspecified atom stereocenters. The number of likely N-dealkylation sites (N-methyl/N-ethyl adjacent to an activating group) is 1. The minimum atomic E-state index is 0.0242. The van der Waals surface area contributed by atoms with E-state index in [2.05, 4.69) is 41.5 Å². The van der Waals surface area contributed by atoms with E-state index in [0.717, 1.165) is 23.5 Å². The van der Waals surface area contributed by atoms with Crippen LogP contribution in [-0.4, -0.2) is 43.2 Å². The van der Waals surface area contributed by atoms with Crippen molar-refractivity contribution in [1.82, 2.24) is 10.2 Å². The first-order chi connectivity index (χ1) is 11.2. The van der Waals surface area contributed by atoms with E-state index < -0.39 is 0 Å². The second kappa shape index (κ2) is 7.20. The molecule has 4 heteroatoms. The molecule has 0 saturated carbocycles. The summed E-state index contributed by atoms with van der Waals surface area (Å²) in [5.74, 6) is 0.364. The first kappa shape index (κ1) is 16.1. The molecule has 1 heterocycles. The number of hydrogen-bond donors (Lipinski definition) is 1. The Hall–Kier alpha value is -1.78. The third-order valence-electron chi connectivity index (χ3n) is 4.40. The Bertz CT molecular complexity index is 674. The van der Waals surface area contributed by atoms with Crippen molar-refractivity contribution in [3.05, 3.63) is 65.7 Å². The van der Waals surface area contributed by atoms with Crippen molar-refractivity contribution in [2.75, 3.05) is 26.4 Å². The number of rotatable bonds is 4. The van der Waals surface area contributed by atoms with Crippen molar-refractivity contribution in [2.45, 2.75) is 16.9 Å². The molecule has 1 amide bonds. The zero-order chi connectivity index (χ0) is 16.2. The molecule has 1 aliphatic heterocycles. The number of nitrogens with zero attached hydrogens (tertiary/aromatic N) is 1. The number of carbonyl (C=O) groups excluding carboxylic acids is 1. The van der Waals surface area contributed by atoms with E-state index in [1.165, 1.54) is 5.56 Å². The van der Waals surface area contributed by atoms with Gasteiger partial charge in [0.15, 0.2) is 0 Å². The quantitative estimate of drug-likeness (QED) is 0.876. The Labute approximate surface area is 142 Å². The molecule has 2 aromatic rings. The monoisotopic (exact) mass is 326 g/mol. The topological polar surface area (TPSA) is 32.3 Å². The molecule has 0 aromatic heterocycles. The summed E-state index contributed by atoms with van der Waals surface area (Å²) in [4.78, 5) is 16.0. The third kappa shape index (κ3) is 3.59. The highest BCUT2D eigenvalue weighted by atomic mass is 32.2. The van der Waals surface area contributed by atoms with Gasteiger partial charge in [0, 0.05) is 29.9 Å². The predicted molar refractivity (Wildman–Crippen MR) is 96.2 cm³/mol. The lowest BCUT2D eigenvalue weighted by Crippen LogP contribution is -2.39. The van der Waals surface area contributed by atoms with E-state index in [1.807, 2.05) is 36.6 Å². The predicted octanol–water partition coefficient (Wildman–Crippen LogP) is 3.24. The minimum absolute atomic E-state index is 0.0242. The highest BCUT2D eigenvalue weighted by molar-refractivity contribution is 7.98. The molecule has 3 nitrogen and oxygen atoms in total. The standard InChI is InChI=1S/C19H22N2OS/c1-21-12-16(14-8-4-3-5-9-14)17(13-21)20-19(22)15-10-6-7-11-18(15)23-2/h3-11,16-17H,12-13H2,1-2H3,(H,20,22). The smallest absolute Gasteiger partial charge is 0.252 e. The first-order valence-electron chi connectivity index (χ1n) is 7.86. The van der Waals surface area contributed by atoms with Gasteiger partial charge in [0.2, 0.25) is 0 Å². The summed E-state index contributed by atoms with van der Waals surface area (Å²) in [7, 11) is 2.11. The number of benzene rings is 2. The highest BCUT2D eigenvalue weighted by Gasteiger charge is 2.33. The first-order valence-corrected chi connectivity index (χ1v) is 9.09. The van der Waals surface area contributed by atoms with E-state index in [9.17, 15) is 4.79 Å². The van der Waals surface area contributed by atoms with Crippen molar-refractivity contribution >= 4 is 17.7 Å². The zero-order valence-electron chi connectivity index (χ0n) is 13.5. The summed E-state index contributed by atoms with van der Waals surface area (Å²) in [5, 5.41) is 3.25. The molecule has 2 atom stereocenters. The summed E-state index contributed by atoms with van der Waals surface area (Å²) in [6.07, 6.45) is 2.00. The van der Waals surface area contributed by atoms with Crippen molar-refractivity contribution < 1.29 is 4.79 Å². The molecular weight excluding hydrogens is 304 g/mol. The second-order valence-corrected chi connectivity index (χ2v) is 6.87. The van der Waals surface area contributed by atoms with Gasteiger partial charge in [0.1, 0.15) is 0 Å². The van der Waals surface area contributed by atoms with Gasteiger partial charge in [0.25, 0.3) is 5.91 Å². The number of hydrogen-bond acceptors (Lipinski definition) is 3. The van der Waals surface area contributed by atoms with Crippen LogP contribution in [0.5, 0.6) is 0 Å². The van der Waals surface area contributed by atoms with Gasteiger partial charge in [-0.05, 0) is 31.0 Å². The zero-order valence-corrected chi connectivity index (χ0v) is 14.3. The average molecular weight is 326 g/mol. The Balaban J connectivity index is 1.79.